The van der Waals surface area contributed by atoms with Gasteiger partial charge in [-0.05, 0) is 36.2 Å². The van der Waals surface area contributed by atoms with Crippen molar-refractivity contribution in [2.24, 2.45) is 5.10 Å². The largest absolute Gasteiger partial charge is 0.493 e. The van der Waals surface area contributed by atoms with Gasteiger partial charge in [0.2, 0.25) is 0 Å². The third kappa shape index (κ3) is 5.07. The first-order valence-electron chi connectivity index (χ1n) is 7.96. The van der Waals surface area contributed by atoms with E-state index in [1.165, 1.54) is 13.3 Å². The molecule has 0 spiro atoms. The van der Waals surface area contributed by atoms with Gasteiger partial charge in [0.05, 0.1) is 26.5 Å². The van der Waals surface area contributed by atoms with Crippen LogP contribution in [0.25, 0.3) is 0 Å². The zero-order chi connectivity index (χ0) is 18.9. The highest BCUT2D eigenvalue weighted by Crippen LogP contribution is 2.26. The van der Waals surface area contributed by atoms with E-state index < -0.39 is 11.8 Å². The van der Waals surface area contributed by atoms with Crippen LogP contribution in [0.2, 0.25) is 0 Å². The maximum Gasteiger partial charge on any atom is 0.329 e. The number of methoxy groups -OCH3 is 2. The first kappa shape index (κ1) is 19.0. The second-order valence-electron chi connectivity index (χ2n) is 5.42. The first-order chi connectivity index (χ1) is 12.5. The summed E-state index contributed by atoms with van der Waals surface area (Å²) in [5, 5.41) is 6.41. The van der Waals surface area contributed by atoms with E-state index in [1.807, 2.05) is 30.3 Å². The molecular formula is C19H21N3O4. The van der Waals surface area contributed by atoms with E-state index in [0.717, 1.165) is 5.56 Å². The van der Waals surface area contributed by atoms with E-state index in [9.17, 15) is 9.59 Å². The summed E-state index contributed by atoms with van der Waals surface area (Å²) in [6.45, 7) is 1.80. The lowest BCUT2D eigenvalue weighted by molar-refractivity contribution is -0.139. The number of nitrogens with zero attached hydrogens (tertiary/aromatic N) is 1. The summed E-state index contributed by atoms with van der Waals surface area (Å²) in [6, 6.07) is 14.2. The fourth-order valence-electron chi connectivity index (χ4n) is 2.24. The van der Waals surface area contributed by atoms with Crippen LogP contribution in [0.5, 0.6) is 11.5 Å². The molecule has 0 aromatic heterocycles. The van der Waals surface area contributed by atoms with E-state index in [4.69, 9.17) is 9.47 Å². The second-order valence-corrected chi connectivity index (χ2v) is 5.42. The van der Waals surface area contributed by atoms with Gasteiger partial charge in [-0.25, -0.2) is 5.43 Å². The zero-order valence-corrected chi connectivity index (χ0v) is 14.9. The summed E-state index contributed by atoms with van der Waals surface area (Å²) >= 11 is 0. The molecule has 0 aliphatic heterocycles. The van der Waals surface area contributed by atoms with Gasteiger partial charge in [0.1, 0.15) is 0 Å². The highest BCUT2D eigenvalue weighted by molar-refractivity contribution is 6.35. The molecule has 0 heterocycles. The van der Waals surface area contributed by atoms with E-state index in [-0.39, 0.29) is 6.04 Å². The maximum atomic E-state index is 11.9. The average Bonchev–Trinajstić information content (AvgIpc) is 2.68. The molecule has 0 radical (unpaired) electrons. The molecule has 1 atom stereocenters. The number of hydrazone groups is 1. The highest BCUT2D eigenvalue weighted by Gasteiger charge is 2.16. The molecule has 0 saturated heterocycles. The molecule has 2 aromatic rings. The number of hydrogen-bond donors (Lipinski definition) is 2. The highest BCUT2D eigenvalue weighted by atomic mass is 16.5. The maximum absolute atomic E-state index is 11.9. The van der Waals surface area contributed by atoms with E-state index in [2.05, 4.69) is 15.8 Å². The number of benzene rings is 2. The van der Waals surface area contributed by atoms with Crippen molar-refractivity contribution in [3.05, 3.63) is 59.7 Å². The predicted molar refractivity (Wildman–Crippen MR) is 98.3 cm³/mol. The number of carbonyl (C=O) groups is 2. The van der Waals surface area contributed by atoms with Crippen LogP contribution in [0.3, 0.4) is 0 Å². The quantitative estimate of drug-likeness (QED) is 0.471. The molecule has 0 saturated carbocycles. The van der Waals surface area contributed by atoms with Crippen LogP contribution in [-0.2, 0) is 9.59 Å². The van der Waals surface area contributed by atoms with Crippen molar-refractivity contribution < 1.29 is 19.1 Å². The van der Waals surface area contributed by atoms with Crippen LogP contribution in [0, 0.1) is 0 Å². The van der Waals surface area contributed by atoms with Gasteiger partial charge in [0.25, 0.3) is 0 Å². The lowest BCUT2D eigenvalue weighted by atomic mass is 10.1. The van der Waals surface area contributed by atoms with Crippen molar-refractivity contribution in [1.29, 1.82) is 0 Å². The Balaban J connectivity index is 1.91. The van der Waals surface area contributed by atoms with E-state index in [0.29, 0.717) is 17.1 Å². The van der Waals surface area contributed by atoms with Crippen molar-refractivity contribution in [2.75, 3.05) is 14.2 Å². The van der Waals surface area contributed by atoms with Gasteiger partial charge in [-0.2, -0.15) is 5.10 Å². The molecule has 7 heteroatoms. The van der Waals surface area contributed by atoms with Crippen molar-refractivity contribution in [1.82, 2.24) is 10.7 Å². The zero-order valence-electron chi connectivity index (χ0n) is 14.9. The molecule has 0 aliphatic carbocycles. The third-order valence-electron chi connectivity index (χ3n) is 3.64. The topological polar surface area (TPSA) is 89.0 Å². The molecule has 26 heavy (non-hydrogen) atoms. The van der Waals surface area contributed by atoms with Crippen molar-refractivity contribution >= 4 is 18.0 Å². The molecular weight excluding hydrogens is 334 g/mol. The molecule has 2 aromatic carbocycles. The van der Waals surface area contributed by atoms with Crippen molar-refractivity contribution in [3.63, 3.8) is 0 Å². The van der Waals surface area contributed by atoms with Crippen LogP contribution in [0.4, 0.5) is 0 Å². The molecule has 0 bridgehead atoms. The SMILES string of the molecule is COc1ccc(/C=N/NC(=O)C(=O)N[C@@H](C)c2ccccc2)cc1OC. The van der Waals surface area contributed by atoms with Gasteiger partial charge in [-0.15, -0.1) is 0 Å². The van der Waals surface area contributed by atoms with Crippen molar-refractivity contribution in [3.8, 4) is 11.5 Å². The number of carbonyl (C=O) groups excluding carboxylic acids is 2. The monoisotopic (exact) mass is 355 g/mol. The van der Waals surface area contributed by atoms with Gasteiger partial charge in [0.15, 0.2) is 11.5 Å². The van der Waals surface area contributed by atoms with Gasteiger partial charge in [-0.1, -0.05) is 30.3 Å². The molecule has 7 nitrogen and oxygen atoms in total. The summed E-state index contributed by atoms with van der Waals surface area (Å²) in [4.78, 5) is 23.8. The Morgan fingerprint density at radius 1 is 1.00 bits per heavy atom. The van der Waals surface area contributed by atoms with Crippen LogP contribution < -0.4 is 20.2 Å². The van der Waals surface area contributed by atoms with E-state index >= 15 is 0 Å². The number of rotatable bonds is 6. The lowest BCUT2D eigenvalue weighted by Crippen LogP contribution is -2.39. The number of ether oxygens (including phenoxy) is 2. The Morgan fingerprint density at radius 2 is 1.69 bits per heavy atom. The molecule has 136 valence electrons. The molecule has 0 fully saturated rings. The van der Waals surface area contributed by atoms with Gasteiger partial charge in [0, 0.05) is 0 Å². The van der Waals surface area contributed by atoms with Crippen LogP contribution in [-0.4, -0.2) is 32.2 Å². The molecule has 0 unspecified atom stereocenters. The molecule has 2 N–H and O–H groups in total. The Kier molecular flexibility index (Phi) is 6.73. The van der Waals surface area contributed by atoms with Crippen molar-refractivity contribution in [2.45, 2.75) is 13.0 Å². The van der Waals surface area contributed by atoms with Crippen LogP contribution in [0.1, 0.15) is 24.1 Å². The summed E-state index contributed by atoms with van der Waals surface area (Å²) in [7, 11) is 3.07. The molecule has 2 rings (SSSR count). The first-order valence-corrected chi connectivity index (χ1v) is 7.96. The Labute approximate surface area is 152 Å². The molecule has 2 amide bonds. The standard InChI is InChI=1S/C19H21N3O4/c1-13(15-7-5-4-6-8-15)21-18(23)19(24)22-20-12-14-9-10-16(25-2)17(11-14)26-3/h4-13H,1-3H3,(H,21,23)(H,22,24)/b20-12+/t13-/m0/s1. The summed E-state index contributed by atoms with van der Waals surface area (Å²) < 4.78 is 10.3. The fourth-order valence-corrected chi connectivity index (χ4v) is 2.24. The Morgan fingerprint density at radius 3 is 2.35 bits per heavy atom. The average molecular weight is 355 g/mol. The van der Waals surface area contributed by atoms with E-state index in [1.54, 1.807) is 32.2 Å². The number of amides is 2. The summed E-state index contributed by atoms with van der Waals surface area (Å²) in [5.74, 6) is -0.476. The lowest BCUT2D eigenvalue weighted by Gasteiger charge is -2.13. The number of nitrogens with one attached hydrogen (secondary N) is 2. The van der Waals surface area contributed by atoms with Gasteiger partial charge >= 0.3 is 11.8 Å². The summed E-state index contributed by atoms with van der Waals surface area (Å²) in [6.07, 6.45) is 1.41. The number of hydrogen-bond acceptors (Lipinski definition) is 5. The smallest absolute Gasteiger partial charge is 0.329 e. The Bertz CT molecular complexity index is 791. The van der Waals surface area contributed by atoms with Gasteiger partial charge < -0.3 is 14.8 Å². The van der Waals surface area contributed by atoms with Crippen LogP contribution >= 0.6 is 0 Å². The predicted octanol–water partition coefficient (Wildman–Crippen LogP) is 2.03. The molecule has 0 aliphatic rings. The normalized spacial score (nSPS) is 11.7. The van der Waals surface area contributed by atoms with Crippen LogP contribution in [0.15, 0.2) is 53.6 Å². The minimum absolute atomic E-state index is 0.288. The summed E-state index contributed by atoms with van der Waals surface area (Å²) in [5.41, 5.74) is 3.79. The minimum atomic E-state index is -0.843. The Hall–Kier alpha value is -3.35. The third-order valence-corrected chi connectivity index (χ3v) is 3.64. The second kappa shape index (κ2) is 9.22. The fraction of sp³-hybridized carbons (Fsp3) is 0.211. The van der Waals surface area contributed by atoms with Gasteiger partial charge in [-0.3, -0.25) is 9.59 Å². The minimum Gasteiger partial charge on any atom is -0.493 e.